The van der Waals surface area contributed by atoms with E-state index in [1.54, 1.807) is 0 Å². The topological polar surface area (TPSA) is 0 Å². The summed E-state index contributed by atoms with van der Waals surface area (Å²) >= 11 is 1.88. The largest absolute Gasteiger partial charge is 0.135 e. The summed E-state index contributed by atoms with van der Waals surface area (Å²) < 4.78 is 2.63. The van der Waals surface area contributed by atoms with Gasteiger partial charge in [0.1, 0.15) is 0 Å². The fraction of sp³-hybridized carbons (Fsp3) is 0.0233. The molecule has 1 spiro atoms. The summed E-state index contributed by atoms with van der Waals surface area (Å²) in [6.45, 7) is 4.17. The van der Waals surface area contributed by atoms with Crippen LogP contribution in [0.2, 0.25) is 0 Å². The standard InChI is InChI=1S/C43H28S/c1-2-14-30-31-17-6-10-21-37(31)43(38-22-11-7-18-32(38)33-19-8-12-23-39(33)43)40(30)25-29-26-42-36(34-20-9-13-24-41(34)44-42)27-35(29)28-15-4-3-5-16-28/h2-27H,1H2/b30-14-,40-25+. The van der Waals surface area contributed by atoms with Crippen molar-refractivity contribution >= 4 is 43.2 Å². The van der Waals surface area contributed by atoms with Crippen molar-refractivity contribution < 1.29 is 0 Å². The van der Waals surface area contributed by atoms with Gasteiger partial charge in [-0.15, -0.1) is 11.3 Å². The van der Waals surface area contributed by atoms with Crippen molar-refractivity contribution in [3.63, 3.8) is 0 Å². The summed E-state index contributed by atoms with van der Waals surface area (Å²) in [5, 5.41) is 2.63. The molecule has 0 N–H and O–H groups in total. The van der Waals surface area contributed by atoms with Crippen molar-refractivity contribution in [1.29, 1.82) is 0 Å². The quantitative estimate of drug-likeness (QED) is 0.196. The van der Waals surface area contributed by atoms with Crippen LogP contribution in [0.4, 0.5) is 0 Å². The van der Waals surface area contributed by atoms with Crippen LogP contribution < -0.4 is 0 Å². The number of fused-ring (bicyclic) bond motifs is 10. The molecule has 0 radical (unpaired) electrons. The van der Waals surface area contributed by atoms with Gasteiger partial charge < -0.3 is 0 Å². The number of hydrogen-bond donors (Lipinski definition) is 0. The number of rotatable bonds is 3. The Bertz CT molecular complexity index is 2300. The molecule has 1 heteroatoms. The zero-order valence-corrected chi connectivity index (χ0v) is 24.9. The SMILES string of the molecule is C=C/C=C1\C(=C/c2cc3sc4ccccc4c3cc2-c2ccccc2)C2(c3ccccc31)c1ccccc1-c1ccccc12. The van der Waals surface area contributed by atoms with Crippen LogP contribution in [0, 0.1) is 0 Å². The molecular formula is C43H28S. The molecule has 0 saturated carbocycles. The molecule has 2 aliphatic rings. The minimum absolute atomic E-state index is 0.429. The van der Waals surface area contributed by atoms with Crippen molar-refractivity contribution in [1.82, 2.24) is 0 Å². The third kappa shape index (κ3) is 3.39. The first kappa shape index (κ1) is 25.3. The van der Waals surface area contributed by atoms with Crippen LogP contribution >= 0.6 is 11.3 Å². The predicted octanol–water partition coefficient (Wildman–Crippen LogP) is 11.7. The molecule has 1 heterocycles. The van der Waals surface area contributed by atoms with E-state index >= 15 is 0 Å². The lowest BCUT2D eigenvalue weighted by molar-refractivity contribution is 0.799. The van der Waals surface area contributed by atoms with Gasteiger partial charge in [-0.3, -0.25) is 0 Å². The summed E-state index contributed by atoms with van der Waals surface area (Å²) in [5.74, 6) is 0. The van der Waals surface area contributed by atoms with Crippen LogP contribution in [0.1, 0.15) is 27.8 Å². The molecule has 0 amide bonds. The first-order valence-corrected chi connectivity index (χ1v) is 16.0. The molecular weight excluding hydrogens is 549 g/mol. The fourth-order valence-electron chi connectivity index (χ4n) is 7.77. The highest BCUT2D eigenvalue weighted by Gasteiger charge is 2.53. The van der Waals surface area contributed by atoms with Crippen LogP contribution in [-0.4, -0.2) is 0 Å². The van der Waals surface area contributed by atoms with Crippen molar-refractivity contribution in [3.8, 4) is 22.3 Å². The van der Waals surface area contributed by atoms with Gasteiger partial charge in [-0.25, -0.2) is 0 Å². The zero-order valence-electron chi connectivity index (χ0n) is 24.1. The lowest BCUT2D eigenvalue weighted by Gasteiger charge is -2.31. The summed E-state index contributed by atoms with van der Waals surface area (Å²) in [6.07, 6.45) is 6.64. The van der Waals surface area contributed by atoms with Gasteiger partial charge in [0.25, 0.3) is 0 Å². The van der Waals surface area contributed by atoms with Gasteiger partial charge in [0.15, 0.2) is 0 Å². The lowest BCUT2D eigenvalue weighted by Crippen LogP contribution is -2.26. The Morgan fingerprint density at radius 3 is 1.82 bits per heavy atom. The average molecular weight is 577 g/mol. The molecule has 1 aromatic heterocycles. The van der Waals surface area contributed by atoms with E-state index in [4.69, 9.17) is 0 Å². The highest BCUT2D eigenvalue weighted by Crippen LogP contribution is 2.64. The summed E-state index contributed by atoms with van der Waals surface area (Å²) in [4.78, 5) is 0. The van der Waals surface area contributed by atoms with Gasteiger partial charge in [-0.2, -0.15) is 0 Å². The summed E-state index contributed by atoms with van der Waals surface area (Å²) in [5.41, 5.74) is 13.7. The molecule has 7 aromatic rings. The minimum Gasteiger partial charge on any atom is -0.135 e. The van der Waals surface area contributed by atoms with E-state index in [1.165, 1.54) is 81.4 Å². The second kappa shape index (κ2) is 9.64. The van der Waals surface area contributed by atoms with E-state index in [0.29, 0.717) is 0 Å². The molecule has 0 atom stereocenters. The van der Waals surface area contributed by atoms with Gasteiger partial charge >= 0.3 is 0 Å². The molecule has 2 aliphatic carbocycles. The predicted molar refractivity (Wildman–Crippen MR) is 189 cm³/mol. The average Bonchev–Trinajstić information content (AvgIpc) is 3.69. The van der Waals surface area contributed by atoms with Crippen molar-refractivity contribution in [2.75, 3.05) is 0 Å². The Labute approximate surface area is 261 Å². The molecule has 0 saturated heterocycles. The number of hydrogen-bond acceptors (Lipinski definition) is 1. The molecule has 0 bridgehead atoms. The molecule has 206 valence electrons. The van der Waals surface area contributed by atoms with Gasteiger partial charge in [-0.05, 0) is 85.5 Å². The third-order valence-corrected chi connectivity index (χ3v) is 10.6. The molecule has 0 nitrogen and oxygen atoms in total. The fourth-order valence-corrected chi connectivity index (χ4v) is 8.90. The highest BCUT2D eigenvalue weighted by molar-refractivity contribution is 7.25. The van der Waals surface area contributed by atoms with E-state index in [-0.39, 0.29) is 0 Å². The molecule has 6 aromatic carbocycles. The Balaban J connectivity index is 1.43. The van der Waals surface area contributed by atoms with Gasteiger partial charge in [0.2, 0.25) is 0 Å². The van der Waals surface area contributed by atoms with Gasteiger partial charge in [0.05, 0.1) is 5.41 Å². The van der Waals surface area contributed by atoms with Crippen molar-refractivity contribution in [2.24, 2.45) is 0 Å². The van der Waals surface area contributed by atoms with E-state index in [0.717, 1.165) is 0 Å². The Kier molecular flexibility index (Phi) is 5.54. The van der Waals surface area contributed by atoms with Crippen LogP contribution in [0.15, 0.2) is 164 Å². The highest BCUT2D eigenvalue weighted by atomic mass is 32.1. The molecule has 9 rings (SSSR count). The summed E-state index contributed by atoms with van der Waals surface area (Å²) in [6, 6.07) is 51.4. The van der Waals surface area contributed by atoms with E-state index < -0.39 is 5.41 Å². The maximum atomic E-state index is 4.17. The molecule has 0 fully saturated rings. The van der Waals surface area contributed by atoms with Crippen LogP contribution in [0.3, 0.4) is 0 Å². The monoisotopic (exact) mass is 576 g/mol. The van der Waals surface area contributed by atoms with E-state index in [9.17, 15) is 0 Å². The Morgan fingerprint density at radius 1 is 0.523 bits per heavy atom. The number of allylic oxidation sites excluding steroid dienone is 4. The summed E-state index contributed by atoms with van der Waals surface area (Å²) in [7, 11) is 0. The van der Waals surface area contributed by atoms with Crippen LogP contribution in [0.25, 0.3) is 54.1 Å². The van der Waals surface area contributed by atoms with Crippen LogP contribution in [0.5, 0.6) is 0 Å². The van der Waals surface area contributed by atoms with Gasteiger partial charge in [0, 0.05) is 20.2 Å². The van der Waals surface area contributed by atoms with Crippen molar-refractivity contribution in [2.45, 2.75) is 5.41 Å². The zero-order chi connectivity index (χ0) is 29.3. The maximum absolute atomic E-state index is 4.17. The van der Waals surface area contributed by atoms with Crippen LogP contribution in [-0.2, 0) is 5.41 Å². The normalized spacial score (nSPS) is 16.1. The second-order valence-corrected chi connectivity index (χ2v) is 12.7. The van der Waals surface area contributed by atoms with Crippen molar-refractivity contribution in [3.05, 3.63) is 192 Å². The first-order chi connectivity index (χ1) is 21.8. The smallest absolute Gasteiger partial charge is 0.0725 e. The molecule has 44 heavy (non-hydrogen) atoms. The van der Waals surface area contributed by atoms with E-state index in [1.807, 2.05) is 17.4 Å². The molecule has 0 aliphatic heterocycles. The van der Waals surface area contributed by atoms with Gasteiger partial charge in [-0.1, -0.05) is 140 Å². The number of thiophene rings is 1. The minimum atomic E-state index is -0.429. The Morgan fingerprint density at radius 2 is 1.11 bits per heavy atom. The lowest BCUT2D eigenvalue weighted by atomic mass is 9.70. The Hall–Kier alpha value is -5.24. The number of benzene rings is 6. The first-order valence-electron chi connectivity index (χ1n) is 15.1. The third-order valence-electron chi connectivity index (χ3n) is 9.49. The maximum Gasteiger partial charge on any atom is 0.0725 e. The second-order valence-electron chi connectivity index (χ2n) is 11.7. The van der Waals surface area contributed by atoms with E-state index in [2.05, 4.69) is 158 Å². The molecule has 0 unspecified atom stereocenters.